The molecule has 0 aliphatic heterocycles. The number of rotatable bonds is 6. The van der Waals surface area contributed by atoms with Crippen LogP contribution in [0.3, 0.4) is 0 Å². The molecule has 0 saturated carbocycles. The molecule has 4 aromatic rings. The van der Waals surface area contributed by atoms with E-state index in [1.54, 1.807) is 13.0 Å². The largest absolute Gasteiger partial charge is 0.345 e. The van der Waals surface area contributed by atoms with Crippen LogP contribution >= 0.6 is 0 Å². The second kappa shape index (κ2) is 8.42. The SMILES string of the molecule is Cc1cc2c(c(COC(F)F)n1)c(=O)cc(Nc1ccccc1)n2-c1ccccc1. The Morgan fingerprint density at radius 2 is 1.70 bits per heavy atom. The third kappa shape index (κ3) is 4.06. The first-order valence-electron chi connectivity index (χ1n) is 9.36. The number of para-hydroxylation sites is 2. The van der Waals surface area contributed by atoms with Gasteiger partial charge in [0.1, 0.15) is 5.82 Å². The first-order chi connectivity index (χ1) is 14.5. The number of pyridine rings is 2. The van der Waals surface area contributed by atoms with Gasteiger partial charge in [-0.15, -0.1) is 0 Å². The summed E-state index contributed by atoms with van der Waals surface area (Å²) in [4.78, 5) is 17.3. The molecule has 1 N–H and O–H groups in total. The zero-order valence-electron chi connectivity index (χ0n) is 16.2. The van der Waals surface area contributed by atoms with Gasteiger partial charge in [0.15, 0.2) is 5.43 Å². The van der Waals surface area contributed by atoms with Crippen molar-refractivity contribution >= 4 is 22.4 Å². The molecular weight excluding hydrogens is 388 g/mol. The molecule has 0 unspecified atom stereocenters. The minimum atomic E-state index is -2.95. The highest BCUT2D eigenvalue weighted by molar-refractivity contribution is 5.86. The lowest BCUT2D eigenvalue weighted by Gasteiger charge is -2.20. The highest BCUT2D eigenvalue weighted by Gasteiger charge is 2.17. The van der Waals surface area contributed by atoms with Crippen molar-refractivity contribution in [1.29, 1.82) is 0 Å². The maximum absolute atomic E-state index is 13.0. The van der Waals surface area contributed by atoms with Crippen LogP contribution in [0.25, 0.3) is 16.6 Å². The molecule has 7 heteroatoms. The van der Waals surface area contributed by atoms with Crippen LogP contribution < -0.4 is 10.7 Å². The molecule has 0 aliphatic carbocycles. The summed E-state index contributed by atoms with van der Waals surface area (Å²) in [6, 6.07) is 22.2. The second-order valence-electron chi connectivity index (χ2n) is 6.73. The molecule has 0 radical (unpaired) electrons. The number of hydrogen-bond acceptors (Lipinski definition) is 4. The average Bonchev–Trinajstić information content (AvgIpc) is 2.73. The van der Waals surface area contributed by atoms with Crippen LogP contribution in [0.4, 0.5) is 20.3 Å². The normalized spacial score (nSPS) is 11.2. The number of benzene rings is 2. The third-order valence-electron chi connectivity index (χ3n) is 4.60. The van der Waals surface area contributed by atoms with Crippen LogP contribution in [0.15, 0.2) is 77.6 Å². The van der Waals surface area contributed by atoms with E-state index in [9.17, 15) is 13.6 Å². The average molecular weight is 407 g/mol. The van der Waals surface area contributed by atoms with E-state index in [4.69, 9.17) is 0 Å². The van der Waals surface area contributed by atoms with Crippen molar-refractivity contribution in [3.8, 4) is 5.69 Å². The summed E-state index contributed by atoms with van der Waals surface area (Å²) in [7, 11) is 0. The Labute approximate surface area is 171 Å². The van der Waals surface area contributed by atoms with Gasteiger partial charge in [-0.3, -0.25) is 14.3 Å². The van der Waals surface area contributed by atoms with Crippen LogP contribution in [-0.4, -0.2) is 16.2 Å². The fourth-order valence-corrected chi connectivity index (χ4v) is 3.42. The summed E-state index contributed by atoms with van der Waals surface area (Å²) in [6.07, 6.45) is 0. The van der Waals surface area contributed by atoms with Crippen molar-refractivity contribution in [3.05, 3.63) is 94.4 Å². The van der Waals surface area contributed by atoms with Crippen molar-refractivity contribution < 1.29 is 13.5 Å². The van der Waals surface area contributed by atoms with Crippen molar-refractivity contribution in [2.24, 2.45) is 0 Å². The summed E-state index contributed by atoms with van der Waals surface area (Å²) in [5, 5.41) is 3.54. The molecule has 30 heavy (non-hydrogen) atoms. The van der Waals surface area contributed by atoms with E-state index in [0.29, 0.717) is 17.0 Å². The highest BCUT2D eigenvalue weighted by atomic mass is 19.3. The fourth-order valence-electron chi connectivity index (χ4n) is 3.42. The lowest BCUT2D eigenvalue weighted by atomic mass is 10.1. The minimum Gasteiger partial charge on any atom is -0.341 e. The molecule has 0 fully saturated rings. The zero-order chi connectivity index (χ0) is 21.1. The Kier molecular flexibility index (Phi) is 5.54. The molecule has 2 aromatic carbocycles. The molecule has 0 bridgehead atoms. The standard InChI is InChI=1S/C23H19F2N3O2/c1-15-12-19-22(18(26-15)14-30-23(24)25)20(29)13-21(27-16-8-4-2-5-9-16)28(19)17-10-6-3-7-11-17/h2-13,23,27H,14H2,1H3. The van der Waals surface area contributed by atoms with Crippen molar-refractivity contribution in [3.63, 3.8) is 0 Å². The minimum absolute atomic E-state index is 0.186. The maximum Gasteiger partial charge on any atom is 0.345 e. The first-order valence-corrected chi connectivity index (χ1v) is 9.36. The summed E-state index contributed by atoms with van der Waals surface area (Å²) in [5.74, 6) is 0.552. The van der Waals surface area contributed by atoms with E-state index in [2.05, 4.69) is 15.0 Å². The van der Waals surface area contributed by atoms with E-state index in [0.717, 1.165) is 11.4 Å². The molecule has 2 heterocycles. The number of nitrogens with zero attached hydrogens (tertiary/aromatic N) is 2. The van der Waals surface area contributed by atoms with Gasteiger partial charge in [0, 0.05) is 23.1 Å². The molecule has 0 saturated heterocycles. The van der Waals surface area contributed by atoms with E-state index in [-0.39, 0.29) is 16.5 Å². The number of anilines is 2. The fraction of sp³-hybridized carbons (Fsp3) is 0.130. The van der Waals surface area contributed by atoms with Crippen molar-refractivity contribution in [1.82, 2.24) is 9.55 Å². The lowest BCUT2D eigenvalue weighted by molar-refractivity contribution is -0.137. The number of nitrogens with one attached hydrogen (secondary N) is 1. The zero-order valence-corrected chi connectivity index (χ0v) is 16.2. The second-order valence-corrected chi connectivity index (χ2v) is 6.73. The van der Waals surface area contributed by atoms with E-state index < -0.39 is 13.2 Å². The maximum atomic E-state index is 13.0. The summed E-state index contributed by atoms with van der Waals surface area (Å²) < 4.78 is 31.6. The molecular formula is C23H19F2N3O2. The van der Waals surface area contributed by atoms with Crippen molar-refractivity contribution in [2.45, 2.75) is 20.1 Å². The molecule has 5 nitrogen and oxygen atoms in total. The molecule has 0 spiro atoms. The Hall–Kier alpha value is -3.58. The first kappa shape index (κ1) is 19.7. The Morgan fingerprint density at radius 1 is 1.03 bits per heavy atom. The van der Waals surface area contributed by atoms with Crippen LogP contribution in [0.1, 0.15) is 11.4 Å². The van der Waals surface area contributed by atoms with E-state index in [1.165, 1.54) is 6.07 Å². The van der Waals surface area contributed by atoms with Crippen molar-refractivity contribution in [2.75, 3.05) is 5.32 Å². The van der Waals surface area contributed by atoms with E-state index in [1.807, 2.05) is 65.2 Å². The van der Waals surface area contributed by atoms with Gasteiger partial charge in [-0.1, -0.05) is 36.4 Å². The number of aromatic nitrogens is 2. The Balaban J connectivity index is 1.99. The summed E-state index contributed by atoms with van der Waals surface area (Å²) >= 11 is 0. The lowest BCUT2D eigenvalue weighted by Crippen LogP contribution is -2.16. The topological polar surface area (TPSA) is 56.1 Å². The van der Waals surface area contributed by atoms with E-state index >= 15 is 0 Å². The number of alkyl halides is 2. The van der Waals surface area contributed by atoms with Gasteiger partial charge in [-0.05, 0) is 37.3 Å². The van der Waals surface area contributed by atoms with Crippen LogP contribution in [-0.2, 0) is 11.3 Å². The predicted octanol–water partition coefficient (Wildman–Crippen LogP) is 5.18. The molecule has 0 aliphatic rings. The van der Waals surface area contributed by atoms with Gasteiger partial charge in [0.2, 0.25) is 0 Å². The Bertz CT molecular complexity index is 1230. The van der Waals surface area contributed by atoms with Gasteiger partial charge < -0.3 is 10.1 Å². The predicted molar refractivity (Wildman–Crippen MR) is 113 cm³/mol. The van der Waals surface area contributed by atoms with Crippen LogP contribution in [0.5, 0.6) is 0 Å². The molecule has 152 valence electrons. The van der Waals surface area contributed by atoms with Gasteiger partial charge in [0.25, 0.3) is 0 Å². The monoisotopic (exact) mass is 407 g/mol. The smallest absolute Gasteiger partial charge is 0.341 e. The number of halogens is 2. The summed E-state index contributed by atoms with van der Waals surface area (Å²) in [6.45, 7) is -1.65. The van der Waals surface area contributed by atoms with Gasteiger partial charge >= 0.3 is 6.61 Å². The van der Waals surface area contributed by atoms with Crippen LogP contribution in [0.2, 0.25) is 0 Å². The number of hydrogen-bond donors (Lipinski definition) is 1. The van der Waals surface area contributed by atoms with Crippen LogP contribution in [0, 0.1) is 6.92 Å². The molecule has 0 amide bonds. The Morgan fingerprint density at radius 3 is 2.37 bits per heavy atom. The van der Waals surface area contributed by atoms with Gasteiger partial charge in [-0.25, -0.2) is 0 Å². The summed E-state index contributed by atoms with van der Waals surface area (Å²) in [5.41, 5.74) is 2.64. The molecule has 0 atom stereocenters. The molecule has 2 aromatic heterocycles. The number of aryl methyl sites for hydroxylation is 1. The number of ether oxygens (including phenoxy) is 1. The van der Waals surface area contributed by atoms with Gasteiger partial charge in [-0.2, -0.15) is 8.78 Å². The van der Waals surface area contributed by atoms with Gasteiger partial charge in [0.05, 0.1) is 23.2 Å². The third-order valence-corrected chi connectivity index (χ3v) is 4.60. The number of fused-ring (bicyclic) bond motifs is 1. The quantitative estimate of drug-likeness (QED) is 0.479. The highest BCUT2D eigenvalue weighted by Crippen LogP contribution is 2.27. The molecule has 4 rings (SSSR count).